The highest BCUT2D eigenvalue weighted by Gasteiger charge is 2.03. The SMILES string of the molecule is N#Cc1ccc(Oc2ccc(Cl)cc2Br)cc1. The molecule has 0 spiro atoms. The van der Waals surface area contributed by atoms with E-state index in [0.717, 1.165) is 4.47 Å². The van der Waals surface area contributed by atoms with E-state index in [2.05, 4.69) is 22.0 Å². The molecule has 0 fully saturated rings. The number of halogens is 2. The zero-order valence-electron chi connectivity index (χ0n) is 8.65. The van der Waals surface area contributed by atoms with Crippen molar-refractivity contribution < 1.29 is 4.74 Å². The molecule has 0 saturated carbocycles. The molecule has 2 nitrogen and oxygen atoms in total. The Balaban J connectivity index is 2.23. The average molecular weight is 309 g/mol. The Labute approximate surface area is 113 Å². The minimum atomic E-state index is 0.604. The molecular weight excluding hydrogens is 302 g/mol. The van der Waals surface area contributed by atoms with Crippen molar-refractivity contribution in [3.8, 4) is 17.6 Å². The molecule has 0 unspecified atom stereocenters. The van der Waals surface area contributed by atoms with Gasteiger partial charge in [0.15, 0.2) is 0 Å². The van der Waals surface area contributed by atoms with Crippen LogP contribution in [-0.4, -0.2) is 0 Å². The minimum Gasteiger partial charge on any atom is -0.456 e. The van der Waals surface area contributed by atoms with Crippen molar-refractivity contribution in [2.45, 2.75) is 0 Å². The first-order chi connectivity index (χ1) is 8.19. The molecule has 0 heterocycles. The number of nitrogens with zero attached hydrogens (tertiary/aromatic N) is 1. The molecule has 17 heavy (non-hydrogen) atoms. The van der Waals surface area contributed by atoms with Gasteiger partial charge in [0.05, 0.1) is 16.1 Å². The molecule has 0 aromatic heterocycles. The molecule has 4 heteroatoms. The van der Waals surface area contributed by atoms with Crippen LogP contribution in [0.25, 0.3) is 0 Å². The van der Waals surface area contributed by atoms with E-state index in [-0.39, 0.29) is 0 Å². The third-order valence-corrected chi connectivity index (χ3v) is 2.96. The van der Waals surface area contributed by atoms with Crippen LogP contribution in [0.5, 0.6) is 11.5 Å². The molecule has 0 N–H and O–H groups in total. The number of nitriles is 1. The average Bonchev–Trinajstić information content (AvgIpc) is 2.34. The predicted molar refractivity (Wildman–Crippen MR) is 70.4 cm³/mol. The predicted octanol–water partition coefficient (Wildman–Crippen LogP) is 4.77. The van der Waals surface area contributed by atoms with Gasteiger partial charge in [-0.3, -0.25) is 0 Å². The van der Waals surface area contributed by atoms with E-state index in [1.54, 1.807) is 42.5 Å². The van der Waals surface area contributed by atoms with Gasteiger partial charge >= 0.3 is 0 Å². The number of benzene rings is 2. The van der Waals surface area contributed by atoms with E-state index in [1.165, 1.54) is 0 Å². The van der Waals surface area contributed by atoms with Crippen molar-refractivity contribution >= 4 is 27.5 Å². The second kappa shape index (κ2) is 5.22. The van der Waals surface area contributed by atoms with Gasteiger partial charge in [0, 0.05) is 5.02 Å². The first-order valence-corrected chi connectivity index (χ1v) is 5.99. The van der Waals surface area contributed by atoms with Crippen LogP contribution in [0, 0.1) is 11.3 Å². The summed E-state index contributed by atoms with van der Waals surface area (Å²) in [6, 6.07) is 14.3. The third kappa shape index (κ3) is 3.00. The Hall–Kier alpha value is -1.50. The fraction of sp³-hybridized carbons (Fsp3) is 0. The lowest BCUT2D eigenvalue weighted by Crippen LogP contribution is -1.85. The van der Waals surface area contributed by atoms with Crippen LogP contribution < -0.4 is 4.74 Å². The van der Waals surface area contributed by atoms with Crippen molar-refractivity contribution in [3.63, 3.8) is 0 Å². The second-order valence-corrected chi connectivity index (χ2v) is 4.60. The highest BCUT2D eigenvalue weighted by atomic mass is 79.9. The molecule has 0 aliphatic carbocycles. The van der Waals surface area contributed by atoms with Crippen LogP contribution in [-0.2, 0) is 0 Å². The van der Waals surface area contributed by atoms with Crippen molar-refractivity contribution in [1.82, 2.24) is 0 Å². The van der Waals surface area contributed by atoms with Crippen LogP contribution >= 0.6 is 27.5 Å². The number of hydrogen-bond acceptors (Lipinski definition) is 2. The van der Waals surface area contributed by atoms with Gasteiger partial charge in [0.1, 0.15) is 11.5 Å². The van der Waals surface area contributed by atoms with E-state index >= 15 is 0 Å². The van der Waals surface area contributed by atoms with E-state index in [9.17, 15) is 0 Å². The van der Waals surface area contributed by atoms with Gasteiger partial charge in [-0.2, -0.15) is 5.26 Å². The van der Waals surface area contributed by atoms with Gasteiger partial charge in [-0.1, -0.05) is 11.6 Å². The monoisotopic (exact) mass is 307 g/mol. The summed E-state index contributed by atoms with van der Waals surface area (Å²) in [5.74, 6) is 1.35. The molecule has 0 bridgehead atoms. The quantitative estimate of drug-likeness (QED) is 0.801. The van der Waals surface area contributed by atoms with Crippen molar-refractivity contribution in [2.24, 2.45) is 0 Å². The summed E-state index contributed by atoms with van der Waals surface area (Å²) >= 11 is 9.21. The van der Waals surface area contributed by atoms with E-state index in [0.29, 0.717) is 22.1 Å². The lowest BCUT2D eigenvalue weighted by atomic mass is 10.2. The Kier molecular flexibility index (Phi) is 3.68. The Morgan fingerprint density at radius 1 is 1.12 bits per heavy atom. The molecule has 0 saturated heterocycles. The highest BCUT2D eigenvalue weighted by molar-refractivity contribution is 9.10. The van der Waals surface area contributed by atoms with E-state index in [4.69, 9.17) is 21.6 Å². The first kappa shape index (κ1) is 12.0. The number of ether oxygens (including phenoxy) is 1. The molecule has 0 amide bonds. The van der Waals surface area contributed by atoms with E-state index < -0.39 is 0 Å². The molecule has 0 aliphatic rings. The van der Waals surface area contributed by atoms with Gasteiger partial charge in [-0.25, -0.2) is 0 Å². The van der Waals surface area contributed by atoms with Gasteiger partial charge in [-0.15, -0.1) is 0 Å². The summed E-state index contributed by atoms with van der Waals surface area (Å²) in [5.41, 5.74) is 0.604. The zero-order valence-corrected chi connectivity index (χ0v) is 11.0. The molecule has 84 valence electrons. The summed E-state index contributed by atoms with van der Waals surface area (Å²) in [5, 5.41) is 9.32. The lowest BCUT2D eigenvalue weighted by Gasteiger charge is -2.07. The summed E-state index contributed by atoms with van der Waals surface area (Å²) in [6.45, 7) is 0. The summed E-state index contributed by atoms with van der Waals surface area (Å²) in [6.07, 6.45) is 0. The van der Waals surface area contributed by atoms with Gasteiger partial charge in [0.2, 0.25) is 0 Å². The zero-order chi connectivity index (χ0) is 12.3. The molecular formula is C13H7BrClNO. The summed E-state index contributed by atoms with van der Waals surface area (Å²) in [4.78, 5) is 0. The largest absolute Gasteiger partial charge is 0.456 e. The minimum absolute atomic E-state index is 0.604. The maximum Gasteiger partial charge on any atom is 0.141 e. The maximum absolute atomic E-state index is 8.68. The number of rotatable bonds is 2. The van der Waals surface area contributed by atoms with Crippen LogP contribution in [0.2, 0.25) is 5.02 Å². The van der Waals surface area contributed by atoms with Crippen molar-refractivity contribution in [1.29, 1.82) is 5.26 Å². The van der Waals surface area contributed by atoms with Gasteiger partial charge in [0.25, 0.3) is 0 Å². The Morgan fingerprint density at radius 2 is 1.82 bits per heavy atom. The summed E-state index contributed by atoms with van der Waals surface area (Å²) < 4.78 is 6.44. The number of hydrogen-bond donors (Lipinski definition) is 0. The lowest BCUT2D eigenvalue weighted by molar-refractivity contribution is 0.479. The molecule has 2 aromatic rings. The Bertz CT molecular complexity index is 575. The fourth-order valence-corrected chi connectivity index (χ4v) is 2.05. The van der Waals surface area contributed by atoms with Crippen molar-refractivity contribution in [2.75, 3.05) is 0 Å². The second-order valence-electron chi connectivity index (χ2n) is 3.31. The van der Waals surface area contributed by atoms with Crippen molar-refractivity contribution in [3.05, 3.63) is 57.5 Å². The highest BCUT2D eigenvalue weighted by Crippen LogP contribution is 2.31. The molecule has 0 atom stereocenters. The first-order valence-electron chi connectivity index (χ1n) is 4.82. The van der Waals surface area contributed by atoms with Gasteiger partial charge in [-0.05, 0) is 58.4 Å². The third-order valence-electron chi connectivity index (χ3n) is 2.11. The fourth-order valence-electron chi connectivity index (χ4n) is 1.28. The molecule has 2 aromatic carbocycles. The maximum atomic E-state index is 8.68. The van der Waals surface area contributed by atoms with Crippen LogP contribution in [0.4, 0.5) is 0 Å². The molecule has 0 aliphatic heterocycles. The van der Waals surface area contributed by atoms with Crippen LogP contribution in [0.15, 0.2) is 46.9 Å². The van der Waals surface area contributed by atoms with Crippen LogP contribution in [0.3, 0.4) is 0 Å². The summed E-state index contributed by atoms with van der Waals surface area (Å²) in [7, 11) is 0. The van der Waals surface area contributed by atoms with Crippen LogP contribution in [0.1, 0.15) is 5.56 Å². The van der Waals surface area contributed by atoms with Gasteiger partial charge < -0.3 is 4.74 Å². The normalized spacial score (nSPS) is 9.71. The topological polar surface area (TPSA) is 33.0 Å². The smallest absolute Gasteiger partial charge is 0.141 e. The van der Waals surface area contributed by atoms with E-state index in [1.807, 2.05) is 0 Å². The Morgan fingerprint density at radius 3 is 2.41 bits per heavy atom. The molecule has 2 rings (SSSR count). The standard InChI is InChI=1S/C13H7BrClNO/c14-12-7-10(15)3-6-13(12)17-11-4-1-9(8-16)2-5-11/h1-7H. The molecule has 0 radical (unpaired) electrons.